The van der Waals surface area contributed by atoms with Gasteiger partial charge in [0.2, 0.25) is 17.2 Å². The largest absolute Gasteiger partial charge is 0.507 e. The van der Waals surface area contributed by atoms with Crippen molar-refractivity contribution < 1.29 is 56.6 Å². The first-order valence-electron chi connectivity index (χ1n) is 14.1. The van der Waals surface area contributed by atoms with E-state index in [-0.39, 0.29) is 55.6 Å². The van der Waals surface area contributed by atoms with E-state index in [1.807, 2.05) is 0 Å². The molecule has 4 aromatic carbocycles. The molecule has 0 radical (unpaired) electrons. The molecule has 1 aromatic heterocycles. The third kappa shape index (κ3) is 9.86. The smallest absolute Gasteiger partial charge is 0.397 e. The Morgan fingerprint density at radius 1 is 0.736 bits per heavy atom. The van der Waals surface area contributed by atoms with Crippen LogP contribution in [0.3, 0.4) is 0 Å². The predicted molar refractivity (Wildman–Crippen MR) is 188 cm³/mol. The minimum Gasteiger partial charge on any atom is -0.507 e. The summed E-state index contributed by atoms with van der Waals surface area (Å²) in [5.41, 5.74) is 5.67. The van der Waals surface area contributed by atoms with E-state index in [1.54, 1.807) is 0 Å². The Kier molecular flexibility index (Phi) is 10.9. The van der Waals surface area contributed by atoms with Gasteiger partial charge in [-0.15, -0.1) is 10.2 Å². The van der Waals surface area contributed by atoms with Crippen LogP contribution >= 0.6 is 11.6 Å². The second-order valence-corrected chi connectivity index (χ2v) is 16.8. The van der Waals surface area contributed by atoms with Gasteiger partial charge in [-0.1, -0.05) is 6.07 Å². The predicted octanol–water partition coefficient (Wildman–Crippen LogP) is 3.96. The van der Waals surface area contributed by atoms with Gasteiger partial charge in [-0.25, -0.2) is 12.6 Å². The van der Waals surface area contributed by atoms with E-state index in [0.29, 0.717) is 0 Å². The number of anilines is 5. The van der Waals surface area contributed by atoms with Crippen molar-refractivity contribution in [3.8, 4) is 5.75 Å². The van der Waals surface area contributed by atoms with Crippen LogP contribution in [-0.4, -0.2) is 79.7 Å². The van der Waals surface area contributed by atoms with Crippen LogP contribution in [0.5, 0.6) is 5.75 Å². The van der Waals surface area contributed by atoms with Gasteiger partial charge in [0.05, 0.1) is 33.2 Å². The molecule has 53 heavy (non-hydrogen) atoms. The van der Waals surface area contributed by atoms with E-state index in [1.165, 1.54) is 42.5 Å². The highest BCUT2D eigenvalue weighted by Crippen LogP contribution is 2.41. The Labute approximate surface area is 304 Å². The van der Waals surface area contributed by atoms with Gasteiger partial charge < -0.3 is 21.5 Å². The number of benzene rings is 4. The number of sulfone groups is 1. The number of halogens is 1. The molecular weight excluding hydrogens is 808 g/mol. The molecule has 0 saturated carbocycles. The maximum Gasteiger partial charge on any atom is 0.397 e. The lowest BCUT2D eigenvalue weighted by Gasteiger charge is -2.11. The van der Waals surface area contributed by atoms with Crippen molar-refractivity contribution in [1.82, 2.24) is 15.0 Å². The Morgan fingerprint density at radius 3 is 1.96 bits per heavy atom. The summed E-state index contributed by atoms with van der Waals surface area (Å²) < 4.78 is 126. The summed E-state index contributed by atoms with van der Waals surface area (Å²) in [6.07, 6.45) is 0. The lowest BCUT2D eigenvalue weighted by molar-refractivity contribution is 0.284. The van der Waals surface area contributed by atoms with Crippen LogP contribution in [0.4, 0.5) is 40.3 Å². The molecule has 0 amide bonds. The molecule has 0 aliphatic carbocycles. The second kappa shape index (κ2) is 14.7. The fourth-order valence-corrected chi connectivity index (χ4v) is 7.29. The lowest BCUT2D eigenvalue weighted by Crippen LogP contribution is -2.15. The van der Waals surface area contributed by atoms with Gasteiger partial charge in [-0.3, -0.25) is 13.7 Å². The first kappa shape index (κ1) is 39.1. The van der Waals surface area contributed by atoms with E-state index < -0.39 is 74.1 Å². The number of aromatic hydroxyl groups is 1. The maximum absolute atomic E-state index is 12.4. The van der Waals surface area contributed by atoms with E-state index in [4.69, 9.17) is 21.9 Å². The van der Waals surface area contributed by atoms with E-state index in [0.717, 1.165) is 24.3 Å². The molecule has 8 N–H and O–H groups in total. The van der Waals surface area contributed by atoms with Crippen molar-refractivity contribution in [2.45, 2.75) is 14.7 Å². The van der Waals surface area contributed by atoms with E-state index in [2.05, 4.69) is 40.0 Å². The highest BCUT2D eigenvalue weighted by molar-refractivity contribution is 7.91. The summed E-state index contributed by atoms with van der Waals surface area (Å²) in [4.78, 5) is 10.6. The quantitative estimate of drug-likeness (QED) is 0.0501. The number of fused-ring (bicyclic) bond motifs is 1. The number of hydrogen-bond donors (Lipinski definition) is 7. The van der Waals surface area contributed by atoms with Crippen molar-refractivity contribution in [3.05, 3.63) is 72.0 Å². The highest BCUT2D eigenvalue weighted by atomic mass is 35.5. The number of nitrogens with zero attached hydrogens (tertiary/aromatic N) is 5. The average Bonchev–Trinajstić information content (AvgIpc) is 3.02. The van der Waals surface area contributed by atoms with Crippen LogP contribution in [0, 0.1) is 0 Å². The minimum atomic E-state index is -4.89. The number of nitrogens with two attached hydrogens (primary N) is 1. The van der Waals surface area contributed by atoms with Crippen molar-refractivity contribution in [2.75, 3.05) is 28.7 Å². The number of hydrogen-bond acceptors (Lipinski definition) is 18. The van der Waals surface area contributed by atoms with Gasteiger partial charge in [-0.2, -0.15) is 40.2 Å². The Morgan fingerprint density at radius 2 is 1.36 bits per heavy atom. The maximum atomic E-state index is 12.4. The molecular formula is C27H23ClN8O13S4. The number of phenols is 1. The first-order chi connectivity index (χ1) is 24.6. The Balaban J connectivity index is 1.41. The van der Waals surface area contributed by atoms with Crippen molar-refractivity contribution in [3.63, 3.8) is 0 Å². The van der Waals surface area contributed by atoms with Crippen LogP contribution in [0.15, 0.2) is 91.6 Å². The normalized spacial score (nSPS) is 12.7. The fourth-order valence-electron chi connectivity index (χ4n) is 4.50. The summed E-state index contributed by atoms with van der Waals surface area (Å²) >= 11 is 6.07. The zero-order valence-electron chi connectivity index (χ0n) is 26.1. The van der Waals surface area contributed by atoms with Gasteiger partial charge >= 0.3 is 10.4 Å². The SMILES string of the molecule is Nc1ccc2cc(S(=O)(=O)O)cc(O)c2c1N=Nc1cc(Nc2nc(Cl)nc(Nc3ccc(S(=O)(=O)CCOS(=O)(=O)O)cc3)n2)ccc1S(=O)(=O)O. The van der Waals surface area contributed by atoms with Gasteiger partial charge in [0.15, 0.2) is 9.84 Å². The molecule has 0 aliphatic rings. The molecule has 21 nitrogen and oxygen atoms in total. The van der Waals surface area contributed by atoms with E-state index >= 15 is 0 Å². The fraction of sp³-hybridized carbons (Fsp3) is 0.0741. The summed E-state index contributed by atoms with van der Waals surface area (Å²) in [7, 11) is -18.4. The number of aromatic nitrogens is 3. The van der Waals surface area contributed by atoms with Crippen molar-refractivity contribution in [2.24, 2.45) is 10.2 Å². The van der Waals surface area contributed by atoms with Crippen LogP contribution < -0.4 is 16.4 Å². The third-order valence-electron chi connectivity index (χ3n) is 6.78. The first-order valence-corrected chi connectivity index (χ1v) is 20.3. The molecule has 26 heteroatoms. The van der Waals surface area contributed by atoms with Gasteiger partial charge in [0, 0.05) is 17.4 Å². The topological polar surface area (TPSA) is 340 Å². The summed E-state index contributed by atoms with van der Waals surface area (Å²) in [6, 6.07) is 12.8. The molecule has 0 bridgehead atoms. The van der Waals surface area contributed by atoms with Crippen molar-refractivity contribution >= 4 is 103 Å². The average molecular weight is 831 g/mol. The highest BCUT2D eigenvalue weighted by Gasteiger charge is 2.20. The van der Waals surface area contributed by atoms with Gasteiger partial charge in [0.1, 0.15) is 22.0 Å². The Bertz CT molecular complexity index is 2740. The van der Waals surface area contributed by atoms with Crippen LogP contribution in [0.2, 0.25) is 5.28 Å². The van der Waals surface area contributed by atoms with Crippen LogP contribution in [0.1, 0.15) is 0 Å². The number of rotatable bonds is 13. The number of nitrogens with one attached hydrogen (secondary N) is 2. The standard InChI is InChI=1S/C27H23ClN8O13S4/c28-25-32-26(30-15-2-5-17(6-3-15)50(38,39)10-9-49-53(46,47)48)34-27(33-25)31-16-4-8-22(52(43,44)45)20(12-16)35-36-24-19(29)7-1-14-11-18(51(40,41)42)13-21(37)23(14)24/h1-8,11-13,37H,9-10,29H2,(H,40,41,42)(H,43,44,45)(H,46,47,48)(H2,30,31,32,33,34). The zero-order valence-corrected chi connectivity index (χ0v) is 30.1. The molecule has 0 unspecified atom stereocenters. The number of azo groups is 1. The monoisotopic (exact) mass is 830 g/mol. The molecule has 0 atom stereocenters. The van der Waals surface area contributed by atoms with E-state index in [9.17, 15) is 47.9 Å². The number of phenolic OH excluding ortho intramolecular Hbond substituents is 1. The Hall–Kier alpha value is -5.12. The van der Waals surface area contributed by atoms with Gasteiger partial charge in [-0.05, 0) is 71.6 Å². The second-order valence-electron chi connectivity index (χ2n) is 10.5. The minimum absolute atomic E-state index is 0.0692. The van der Waals surface area contributed by atoms with Crippen molar-refractivity contribution in [1.29, 1.82) is 0 Å². The summed E-state index contributed by atoms with van der Waals surface area (Å²) in [6.45, 7) is -0.810. The van der Waals surface area contributed by atoms with Crippen LogP contribution in [0.25, 0.3) is 10.8 Å². The molecule has 0 spiro atoms. The molecule has 1 heterocycles. The molecule has 5 aromatic rings. The zero-order chi connectivity index (χ0) is 38.9. The molecule has 0 aliphatic heterocycles. The molecule has 0 saturated heterocycles. The van der Waals surface area contributed by atoms with Crippen LogP contribution in [-0.2, 0) is 44.7 Å². The molecule has 280 valence electrons. The van der Waals surface area contributed by atoms with Gasteiger partial charge in [0.25, 0.3) is 20.2 Å². The molecule has 5 rings (SSSR count). The number of nitrogen functional groups attached to an aromatic ring is 1. The summed E-state index contributed by atoms with van der Waals surface area (Å²) in [5.74, 6) is -1.72. The third-order valence-corrected chi connectivity index (χ3v) is 10.8. The molecule has 0 fully saturated rings. The summed E-state index contributed by atoms with van der Waals surface area (Å²) in [5, 5.41) is 23.7. The lowest BCUT2D eigenvalue weighted by atomic mass is 10.1.